The SMILES string of the molecule is CC(C)N(CCCC(=O)O)C(=O)Cc1c(Cl)cccc1Cl. The van der Waals surface area contributed by atoms with Gasteiger partial charge in [-0.25, -0.2) is 0 Å². The van der Waals surface area contributed by atoms with E-state index in [1.54, 1.807) is 23.1 Å². The van der Waals surface area contributed by atoms with E-state index >= 15 is 0 Å². The van der Waals surface area contributed by atoms with Gasteiger partial charge < -0.3 is 10.0 Å². The summed E-state index contributed by atoms with van der Waals surface area (Å²) in [6.45, 7) is 4.20. The van der Waals surface area contributed by atoms with Crippen LogP contribution in [0.15, 0.2) is 18.2 Å². The van der Waals surface area contributed by atoms with Crippen molar-refractivity contribution in [3.63, 3.8) is 0 Å². The third-order valence-electron chi connectivity index (χ3n) is 3.12. The molecule has 116 valence electrons. The number of carbonyl (C=O) groups is 2. The van der Waals surface area contributed by atoms with E-state index in [2.05, 4.69) is 0 Å². The van der Waals surface area contributed by atoms with Crippen molar-refractivity contribution in [1.82, 2.24) is 4.90 Å². The van der Waals surface area contributed by atoms with Crippen LogP contribution in [0.3, 0.4) is 0 Å². The number of aliphatic carboxylic acids is 1. The molecule has 0 aliphatic heterocycles. The minimum absolute atomic E-state index is 0.00689. The van der Waals surface area contributed by atoms with E-state index < -0.39 is 5.97 Å². The van der Waals surface area contributed by atoms with E-state index in [4.69, 9.17) is 28.3 Å². The molecule has 4 nitrogen and oxygen atoms in total. The van der Waals surface area contributed by atoms with Crippen molar-refractivity contribution in [1.29, 1.82) is 0 Å². The second-order valence-corrected chi connectivity index (χ2v) is 5.87. The molecule has 0 aromatic heterocycles. The highest BCUT2D eigenvalue weighted by molar-refractivity contribution is 6.36. The molecule has 0 radical (unpaired) electrons. The van der Waals surface area contributed by atoms with E-state index in [9.17, 15) is 9.59 Å². The molecule has 0 aliphatic rings. The van der Waals surface area contributed by atoms with Gasteiger partial charge in [0, 0.05) is 29.1 Å². The Morgan fingerprint density at radius 3 is 2.29 bits per heavy atom. The van der Waals surface area contributed by atoms with Crippen LogP contribution in [-0.2, 0) is 16.0 Å². The van der Waals surface area contributed by atoms with Crippen molar-refractivity contribution in [2.45, 2.75) is 39.2 Å². The van der Waals surface area contributed by atoms with Gasteiger partial charge in [0.2, 0.25) is 5.91 Å². The summed E-state index contributed by atoms with van der Waals surface area (Å²) in [5, 5.41) is 9.60. The maximum Gasteiger partial charge on any atom is 0.303 e. The summed E-state index contributed by atoms with van der Waals surface area (Å²) in [7, 11) is 0. The molecule has 0 atom stereocenters. The van der Waals surface area contributed by atoms with Gasteiger partial charge in [0.15, 0.2) is 0 Å². The van der Waals surface area contributed by atoms with Crippen molar-refractivity contribution in [3.8, 4) is 0 Å². The molecule has 21 heavy (non-hydrogen) atoms. The molecule has 0 unspecified atom stereocenters. The average Bonchev–Trinajstić information content (AvgIpc) is 2.38. The van der Waals surface area contributed by atoms with Crippen molar-refractivity contribution in [3.05, 3.63) is 33.8 Å². The van der Waals surface area contributed by atoms with Gasteiger partial charge in [-0.05, 0) is 38.0 Å². The Bertz CT molecular complexity index is 497. The number of hydrogen-bond acceptors (Lipinski definition) is 2. The van der Waals surface area contributed by atoms with Gasteiger partial charge >= 0.3 is 5.97 Å². The smallest absolute Gasteiger partial charge is 0.303 e. The van der Waals surface area contributed by atoms with Gasteiger partial charge in [0.05, 0.1) is 6.42 Å². The second kappa shape index (κ2) is 8.25. The number of carbonyl (C=O) groups excluding carboxylic acids is 1. The van der Waals surface area contributed by atoms with Crippen LogP contribution in [-0.4, -0.2) is 34.5 Å². The maximum atomic E-state index is 12.4. The summed E-state index contributed by atoms with van der Waals surface area (Å²) < 4.78 is 0. The van der Waals surface area contributed by atoms with E-state index in [1.807, 2.05) is 13.8 Å². The Morgan fingerprint density at radius 1 is 1.24 bits per heavy atom. The van der Waals surface area contributed by atoms with Gasteiger partial charge in [-0.3, -0.25) is 9.59 Å². The lowest BCUT2D eigenvalue weighted by atomic mass is 10.1. The summed E-state index contributed by atoms with van der Waals surface area (Å²) >= 11 is 12.1. The molecule has 0 saturated carbocycles. The highest BCUT2D eigenvalue weighted by Gasteiger charge is 2.19. The van der Waals surface area contributed by atoms with Crippen molar-refractivity contribution < 1.29 is 14.7 Å². The molecule has 1 rings (SSSR count). The fourth-order valence-electron chi connectivity index (χ4n) is 2.03. The Balaban J connectivity index is 2.75. The standard InChI is InChI=1S/C15H19Cl2NO3/c1-10(2)18(8-4-7-15(20)21)14(19)9-11-12(16)5-3-6-13(11)17/h3,5-6,10H,4,7-9H2,1-2H3,(H,20,21). The molecule has 6 heteroatoms. The lowest BCUT2D eigenvalue weighted by Gasteiger charge is -2.27. The van der Waals surface area contributed by atoms with E-state index in [-0.39, 0.29) is 24.8 Å². The molecule has 1 amide bonds. The Hall–Kier alpha value is -1.26. The van der Waals surface area contributed by atoms with E-state index in [0.717, 1.165) is 0 Å². The van der Waals surface area contributed by atoms with Crippen LogP contribution < -0.4 is 0 Å². The molecule has 0 spiro atoms. The molecule has 1 aromatic carbocycles. The monoisotopic (exact) mass is 331 g/mol. The van der Waals surface area contributed by atoms with Crippen LogP contribution in [0.4, 0.5) is 0 Å². The number of halogens is 2. The summed E-state index contributed by atoms with van der Waals surface area (Å²) in [5.41, 5.74) is 0.606. The fourth-order valence-corrected chi connectivity index (χ4v) is 2.56. The van der Waals surface area contributed by atoms with Gasteiger partial charge in [0.1, 0.15) is 0 Å². The predicted molar refractivity (Wildman–Crippen MR) is 83.9 cm³/mol. The highest BCUT2D eigenvalue weighted by atomic mass is 35.5. The summed E-state index contributed by atoms with van der Waals surface area (Å²) in [6, 6.07) is 5.11. The second-order valence-electron chi connectivity index (χ2n) is 5.06. The normalized spacial score (nSPS) is 10.7. The number of benzene rings is 1. The molecule has 0 heterocycles. The zero-order valence-electron chi connectivity index (χ0n) is 12.1. The Labute approximate surface area is 134 Å². The van der Waals surface area contributed by atoms with Crippen LogP contribution in [0, 0.1) is 0 Å². The number of nitrogens with zero attached hydrogens (tertiary/aromatic N) is 1. The van der Waals surface area contributed by atoms with Crippen LogP contribution in [0.2, 0.25) is 10.0 Å². The molecular formula is C15H19Cl2NO3. The van der Waals surface area contributed by atoms with Crippen LogP contribution >= 0.6 is 23.2 Å². The molecule has 1 N–H and O–H groups in total. The van der Waals surface area contributed by atoms with Gasteiger partial charge in [-0.2, -0.15) is 0 Å². The molecule has 0 bridgehead atoms. The topological polar surface area (TPSA) is 57.6 Å². The fraction of sp³-hybridized carbons (Fsp3) is 0.467. The van der Waals surface area contributed by atoms with Crippen molar-refractivity contribution in [2.24, 2.45) is 0 Å². The highest BCUT2D eigenvalue weighted by Crippen LogP contribution is 2.25. The maximum absolute atomic E-state index is 12.4. The van der Waals surface area contributed by atoms with E-state index in [1.165, 1.54) is 0 Å². The quantitative estimate of drug-likeness (QED) is 0.829. The lowest BCUT2D eigenvalue weighted by molar-refractivity contribution is -0.138. The van der Waals surface area contributed by atoms with Crippen molar-refractivity contribution >= 4 is 35.1 Å². The first-order valence-corrected chi connectivity index (χ1v) is 7.52. The van der Waals surface area contributed by atoms with Gasteiger partial charge in [-0.1, -0.05) is 29.3 Å². The Kier molecular flexibility index (Phi) is 6.99. The predicted octanol–water partition coefficient (Wildman–Crippen LogP) is 3.64. The minimum atomic E-state index is -0.861. The lowest BCUT2D eigenvalue weighted by Crippen LogP contribution is -2.39. The van der Waals surface area contributed by atoms with E-state index in [0.29, 0.717) is 28.6 Å². The van der Waals surface area contributed by atoms with Crippen LogP contribution in [0.25, 0.3) is 0 Å². The molecule has 0 aliphatic carbocycles. The molecule has 1 aromatic rings. The van der Waals surface area contributed by atoms with Crippen molar-refractivity contribution in [2.75, 3.05) is 6.54 Å². The number of hydrogen-bond donors (Lipinski definition) is 1. The minimum Gasteiger partial charge on any atom is -0.481 e. The van der Waals surface area contributed by atoms with Crippen LogP contribution in [0.5, 0.6) is 0 Å². The summed E-state index contributed by atoms with van der Waals surface area (Å²) in [6.07, 6.45) is 0.586. The summed E-state index contributed by atoms with van der Waals surface area (Å²) in [5.74, 6) is -0.967. The number of amides is 1. The molecular weight excluding hydrogens is 313 g/mol. The first kappa shape index (κ1) is 17.8. The van der Waals surface area contributed by atoms with Gasteiger partial charge in [0.25, 0.3) is 0 Å². The number of carboxylic acid groups (broad SMARTS) is 1. The largest absolute Gasteiger partial charge is 0.481 e. The van der Waals surface area contributed by atoms with Crippen LogP contribution in [0.1, 0.15) is 32.3 Å². The number of carboxylic acids is 1. The zero-order chi connectivity index (χ0) is 16.0. The third-order valence-corrected chi connectivity index (χ3v) is 3.83. The molecule has 0 fully saturated rings. The summed E-state index contributed by atoms with van der Waals surface area (Å²) in [4.78, 5) is 24.6. The first-order valence-electron chi connectivity index (χ1n) is 6.77. The first-order chi connectivity index (χ1) is 9.82. The zero-order valence-corrected chi connectivity index (χ0v) is 13.6. The molecule has 0 saturated heterocycles. The average molecular weight is 332 g/mol. The van der Waals surface area contributed by atoms with Gasteiger partial charge in [-0.15, -0.1) is 0 Å². The Morgan fingerprint density at radius 2 is 1.81 bits per heavy atom. The third kappa shape index (κ3) is 5.56. The number of rotatable bonds is 7.